The molecule has 1 aromatic rings. The molecule has 0 saturated heterocycles. The van der Waals surface area contributed by atoms with E-state index in [9.17, 15) is 4.79 Å². The molecule has 1 aromatic carbocycles. The Balaban J connectivity index is 3.46. The first-order valence-corrected chi connectivity index (χ1v) is 4.12. The van der Waals surface area contributed by atoms with Crippen molar-refractivity contribution in [3.63, 3.8) is 0 Å². The summed E-state index contributed by atoms with van der Waals surface area (Å²) in [7, 11) is 0. The largest absolute Gasteiger partial charge is 0.399 e. The van der Waals surface area contributed by atoms with E-state index in [0.29, 0.717) is 22.6 Å². The molecule has 0 amide bonds. The van der Waals surface area contributed by atoms with Gasteiger partial charge in [0.15, 0.2) is 5.96 Å². The summed E-state index contributed by atoms with van der Waals surface area (Å²) in [5.74, 6) is -0.123. The van der Waals surface area contributed by atoms with Crippen LogP contribution in [0.1, 0.15) is 5.56 Å². The Morgan fingerprint density at radius 2 is 2.07 bits per heavy atom. The van der Waals surface area contributed by atoms with Crippen LogP contribution >= 0.6 is 0 Å². The van der Waals surface area contributed by atoms with Crippen LogP contribution in [0.3, 0.4) is 0 Å². The molecule has 6 N–H and O–H groups in total. The maximum absolute atomic E-state index is 10.2. The number of nitrogens with two attached hydrogens (primary N) is 3. The Morgan fingerprint density at radius 1 is 1.40 bits per heavy atom. The van der Waals surface area contributed by atoms with E-state index in [4.69, 9.17) is 17.2 Å². The summed E-state index contributed by atoms with van der Waals surface area (Å²) >= 11 is 0. The summed E-state index contributed by atoms with van der Waals surface area (Å²) < 4.78 is 0. The van der Waals surface area contributed by atoms with E-state index >= 15 is 0 Å². The minimum atomic E-state index is -0.123. The predicted molar refractivity (Wildman–Crippen MR) is 58.8 cm³/mol. The summed E-state index contributed by atoms with van der Waals surface area (Å²) in [6, 6.07) is 3.20. The van der Waals surface area contributed by atoms with E-state index in [2.05, 4.69) is 9.98 Å². The van der Waals surface area contributed by atoms with Crippen molar-refractivity contribution >= 4 is 29.1 Å². The molecule has 0 radical (unpaired) electrons. The average Bonchev–Trinajstić information content (AvgIpc) is 2.10. The van der Waals surface area contributed by atoms with Gasteiger partial charge in [0.05, 0.1) is 5.69 Å². The number of rotatable bonds is 2. The number of guanidine groups is 1. The Labute approximate surface area is 86.5 Å². The van der Waals surface area contributed by atoms with Crippen molar-refractivity contribution in [3.05, 3.63) is 17.7 Å². The number of hydrogen-bond donors (Lipinski definition) is 3. The molecule has 0 aliphatic rings. The second kappa shape index (κ2) is 4.26. The molecule has 0 spiro atoms. The second-order valence-electron chi connectivity index (χ2n) is 2.95. The third-order valence-corrected chi connectivity index (χ3v) is 1.71. The lowest BCUT2D eigenvalue weighted by molar-refractivity contribution is 0.565. The van der Waals surface area contributed by atoms with Crippen LogP contribution in [0, 0.1) is 6.92 Å². The number of benzene rings is 1. The predicted octanol–water partition coefficient (Wildman–Crippen LogP) is 0.449. The van der Waals surface area contributed by atoms with E-state index in [1.807, 2.05) is 0 Å². The molecular weight excluding hydrogens is 194 g/mol. The fourth-order valence-electron chi connectivity index (χ4n) is 1.20. The molecule has 0 aliphatic heterocycles. The van der Waals surface area contributed by atoms with Crippen molar-refractivity contribution in [2.24, 2.45) is 21.5 Å². The number of aryl methyl sites for hydroxylation is 1. The monoisotopic (exact) mass is 205 g/mol. The number of hydrogen-bond acceptors (Lipinski definition) is 4. The summed E-state index contributed by atoms with van der Waals surface area (Å²) in [5.41, 5.74) is 18.0. The summed E-state index contributed by atoms with van der Waals surface area (Å²) in [5, 5.41) is 0. The van der Waals surface area contributed by atoms with Crippen molar-refractivity contribution < 1.29 is 4.79 Å². The van der Waals surface area contributed by atoms with E-state index < -0.39 is 0 Å². The first-order chi connectivity index (χ1) is 7.04. The summed E-state index contributed by atoms with van der Waals surface area (Å²) in [6.45, 7) is 1.75. The van der Waals surface area contributed by atoms with Crippen LogP contribution < -0.4 is 17.2 Å². The molecule has 0 aliphatic carbocycles. The summed E-state index contributed by atoms with van der Waals surface area (Å²) in [6.07, 6.45) is 1.44. The van der Waals surface area contributed by atoms with Gasteiger partial charge in [-0.1, -0.05) is 0 Å². The number of anilines is 1. The van der Waals surface area contributed by atoms with Gasteiger partial charge in [0.1, 0.15) is 5.69 Å². The first-order valence-electron chi connectivity index (χ1n) is 4.12. The average molecular weight is 205 g/mol. The standard InChI is InChI=1S/C9H11N5O/c1-5-2-6(10)3-7(14-9(11)12)8(5)13-4-15/h2-3H,10H2,1H3,(H4,11,12,14). The van der Waals surface area contributed by atoms with Crippen LogP contribution in [0.5, 0.6) is 0 Å². The van der Waals surface area contributed by atoms with Crippen LogP contribution in [0.15, 0.2) is 22.1 Å². The lowest BCUT2D eigenvalue weighted by atomic mass is 10.1. The van der Waals surface area contributed by atoms with Crippen LogP contribution in [-0.2, 0) is 4.79 Å². The summed E-state index contributed by atoms with van der Waals surface area (Å²) in [4.78, 5) is 17.6. The van der Waals surface area contributed by atoms with Gasteiger partial charge in [0.2, 0.25) is 6.08 Å². The Hall–Kier alpha value is -2.33. The minimum absolute atomic E-state index is 0.123. The Kier molecular flexibility index (Phi) is 3.05. The Morgan fingerprint density at radius 3 is 2.60 bits per heavy atom. The number of nitrogen functional groups attached to an aromatic ring is 1. The van der Waals surface area contributed by atoms with Crippen molar-refractivity contribution in [2.45, 2.75) is 6.92 Å². The molecular formula is C9H11N5O. The molecule has 6 heteroatoms. The smallest absolute Gasteiger partial charge is 0.240 e. The van der Waals surface area contributed by atoms with Crippen LogP contribution in [0.4, 0.5) is 17.1 Å². The number of isocyanates is 1. The van der Waals surface area contributed by atoms with Gasteiger partial charge in [-0.3, -0.25) is 0 Å². The van der Waals surface area contributed by atoms with E-state index in [1.165, 1.54) is 12.1 Å². The first kappa shape index (κ1) is 10.7. The third-order valence-electron chi connectivity index (χ3n) is 1.71. The van der Waals surface area contributed by atoms with Crippen molar-refractivity contribution in [1.82, 2.24) is 0 Å². The molecule has 0 aromatic heterocycles. The lowest BCUT2D eigenvalue weighted by Crippen LogP contribution is -2.21. The quantitative estimate of drug-likeness (QED) is 0.281. The van der Waals surface area contributed by atoms with Crippen molar-refractivity contribution in [2.75, 3.05) is 5.73 Å². The highest BCUT2D eigenvalue weighted by Crippen LogP contribution is 2.33. The van der Waals surface area contributed by atoms with Gasteiger partial charge in [-0.2, -0.15) is 4.99 Å². The zero-order chi connectivity index (χ0) is 11.4. The van der Waals surface area contributed by atoms with E-state index in [-0.39, 0.29) is 5.96 Å². The molecule has 0 saturated carbocycles. The Bertz CT molecular complexity index is 456. The van der Waals surface area contributed by atoms with E-state index in [0.717, 1.165) is 0 Å². The van der Waals surface area contributed by atoms with Crippen molar-refractivity contribution in [3.8, 4) is 0 Å². The SMILES string of the molecule is Cc1cc(N)cc(N=C(N)N)c1N=C=O. The van der Waals surface area contributed by atoms with Gasteiger partial charge in [0.25, 0.3) is 0 Å². The molecule has 1 rings (SSSR count). The van der Waals surface area contributed by atoms with Gasteiger partial charge in [-0.25, -0.2) is 9.79 Å². The van der Waals surface area contributed by atoms with Crippen molar-refractivity contribution in [1.29, 1.82) is 0 Å². The highest BCUT2D eigenvalue weighted by Gasteiger charge is 2.06. The number of nitrogens with zero attached hydrogens (tertiary/aromatic N) is 2. The zero-order valence-corrected chi connectivity index (χ0v) is 8.19. The molecule has 0 atom stereocenters. The molecule has 6 nitrogen and oxygen atoms in total. The maximum atomic E-state index is 10.2. The topological polar surface area (TPSA) is 120 Å². The van der Waals surface area contributed by atoms with Crippen LogP contribution in [0.2, 0.25) is 0 Å². The lowest BCUT2D eigenvalue weighted by Gasteiger charge is -2.04. The fourth-order valence-corrected chi connectivity index (χ4v) is 1.20. The van der Waals surface area contributed by atoms with Crippen LogP contribution in [-0.4, -0.2) is 12.0 Å². The van der Waals surface area contributed by atoms with Crippen LogP contribution in [0.25, 0.3) is 0 Å². The molecule has 78 valence electrons. The van der Waals surface area contributed by atoms with Gasteiger partial charge in [0, 0.05) is 5.69 Å². The van der Waals surface area contributed by atoms with Gasteiger partial charge < -0.3 is 17.2 Å². The molecule has 0 fully saturated rings. The van der Waals surface area contributed by atoms with Gasteiger partial charge >= 0.3 is 0 Å². The zero-order valence-electron chi connectivity index (χ0n) is 8.19. The van der Waals surface area contributed by atoms with Gasteiger partial charge in [-0.15, -0.1) is 0 Å². The molecule has 0 unspecified atom stereocenters. The number of carbonyl (C=O) groups excluding carboxylic acids is 1. The highest BCUT2D eigenvalue weighted by atomic mass is 16.1. The molecule has 0 heterocycles. The normalized spacial score (nSPS) is 9.13. The number of aliphatic imine (C=N–C) groups is 2. The van der Waals surface area contributed by atoms with Gasteiger partial charge in [-0.05, 0) is 24.6 Å². The molecule has 0 bridgehead atoms. The second-order valence-corrected chi connectivity index (χ2v) is 2.95. The molecule has 15 heavy (non-hydrogen) atoms. The highest BCUT2D eigenvalue weighted by molar-refractivity contribution is 5.84. The van der Waals surface area contributed by atoms with E-state index in [1.54, 1.807) is 13.0 Å². The maximum Gasteiger partial charge on any atom is 0.240 e. The third kappa shape index (κ3) is 2.55. The minimum Gasteiger partial charge on any atom is -0.399 e. The fraction of sp³-hybridized carbons (Fsp3) is 0.111.